The van der Waals surface area contributed by atoms with Crippen LogP contribution in [0.5, 0.6) is 0 Å². The van der Waals surface area contributed by atoms with E-state index in [4.69, 9.17) is 21.7 Å². The van der Waals surface area contributed by atoms with Gasteiger partial charge in [0.1, 0.15) is 5.82 Å². The van der Waals surface area contributed by atoms with E-state index in [0.717, 1.165) is 55.4 Å². The van der Waals surface area contributed by atoms with E-state index >= 15 is 0 Å². The number of rotatable bonds is 3. The van der Waals surface area contributed by atoms with Crippen LogP contribution in [-0.2, 0) is 13.1 Å². The van der Waals surface area contributed by atoms with E-state index in [1.165, 1.54) is 22.6 Å². The molecule has 0 N–H and O–H groups in total. The van der Waals surface area contributed by atoms with Crippen molar-refractivity contribution in [2.75, 3.05) is 7.05 Å². The Labute approximate surface area is 189 Å². The molecule has 0 saturated heterocycles. The highest BCUT2D eigenvalue weighted by Crippen LogP contribution is 2.41. The summed E-state index contributed by atoms with van der Waals surface area (Å²) in [5.74, 6) is 3.56. The third-order valence-corrected chi connectivity index (χ3v) is 7.02. The van der Waals surface area contributed by atoms with Crippen molar-refractivity contribution in [2.24, 2.45) is 0 Å². The quantitative estimate of drug-likeness (QED) is 0.519. The maximum atomic E-state index is 6.31. The van der Waals surface area contributed by atoms with E-state index in [1.54, 1.807) is 0 Å². The summed E-state index contributed by atoms with van der Waals surface area (Å²) >= 11 is 6.31. The number of nitrogens with zero attached hydrogens (tertiary/aromatic N) is 5. The molecule has 0 amide bonds. The number of pyridine rings is 1. The third kappa shape index (κ3) is 4.01. The molecule has 1 aliphatic heterocycles. The number of aromatic nitrogens is 4. The van der Waals surface area contributed by atoms with Crippen LogP contribution < -0.4 is 0 Å². The molecule has 5 nitrogen and oxygen atoms in total. The first-order chi connectivity index (χ1) is 15.0. The molecule has 2 aromatic heterocycles. The molecule has 162 valence electrons. The Hall–Kier alpha value is -2.24. The molecule has 0 spiro atoms. The molecular formula is C25H30ClN5. The average molecular weight is 436 g/mol. The Kier molecular flexibility index (Phi) is 5.57. The maximum absolute atomic E-state index is 6.31. The summed E-state index contributed by atoms with van der Waals surface area (Å²) in [6, 6.07) is 12.7. The zero-order valence-electron chi connectivity index (χ0n) is 18.6. The van der Waals surface area contributed by atoms with Gasteiger partial charge in [-0.3, -0.25) is 14.5 Å². The lowest BCUT2D eigenvalue weighted by atomic mass is 9.79. The SMILES string of the molecule is CC(C)c1cccc([C@H]2CC[C@H](c3nnc4n3-c3ccc(Cl)cc3CN(C)C4)CC2)n1. The molecule has 0 bridgehead atoms. The molecule has 31 heavy (non-hydrogen) atoms. The lowest BCUT2D eigenvalue weighted by Crippen LogP contribution is -2.18. The minimum Gasteiger partial charge on any atom is -0.295 e. The van der Waals surface area contributed by atoms with Crippen molar-refractivity contribution in [1.82, 2.24) is 24.6 Å². The molecule has 0 unspecified atom stereocenters. The van der Waals surface area contributed by atoms with Crippen molar-refractivity contribution in [2.45, 2.75) is 70.4 Å². The predicted molar refractivity (Wildman–Crippen MR) is 124 cm³/mol. The lowest BCUT2D eigenvalue weighted by molar-refractivity contribution is 0.315. The Morgan fingerprint density at radius 1 is 0.968 bits per heavy atom. The van der Waals surface area contributed by atoms with E-state index in [2.05, 4.69) is 65.8 Å². The summed E-state index contributed by atoms with van der Waals surface area (Å²) < 4.78 is 2.30. The topological polar surface area (TPSA) is 46.8 Å². The zero-order chi connectivity index (χ0) is 21.5. The van der Waals surface area contributed by atoms with E-state index in [0.29, 0.717) is 17.8 Å². The third-order valence-electron chi connectivity index (χ3n) is 6.78. The second-order valence-electron chi connectivity index (χ2n) is 9.45. The van der Waals surface area contributed by atoms with Gasteiger partial charge in [0.25, 0.3) is 0 Å². The summed E-state index contributed by atoms with van der Waals surface area (Å²) in [6.45, 7) is 6.08. The van der Waals surface area contributed by atoms with Crippen molar-refractivity contribution in [3.05, 3.63) is 70.0 Å². The molecule has 1 saturated carbocycles. The highest BCUT2D eigenvalue weighted by molar-refractivity contribution is 6.30. The number of hydrogen-bond acceptors (Lipinski definition) is 4. The minimum absolute atomic E-state index is 0.428. The Balaban J connectivity index is 1.41. The van der Waals surface area contributed by atoms with Crippen LogP contribution in [0.15, 0.2) is 36.4 Å². The van der Waals surface area contributed by atoms with Crippen LogP contribution in [-0.4, -0.2) is 31.7 Å². The molecule has 1 fully saturated rings. The molecule has 1 aromatic carbocycles. The predicted octanol–water partition coefficient (Wildman–Crippen LogP) is 5.83. The fraction of sp³-hybridized carbons (Fsp3) is 0.480. The standard InChI is InChI=1S/C25H30ClN5/c1-16(2)21-5-4-6-22(27-21)17-7-9-18(10-8-17)25-29-28-24-15-30(3)14-19-13-20(26)11-12-23(19)31(24)25/h4-6,11-13,16-18H,7-10,14-15H2,1-3H3/t17-,18-. The Bertz CT molecular complexity index is 1080. The molecule has 3 heterocycles. The van der Waals surface area contributed by atoms with Crippen molar-refractivity contribution >= 4 is 11.6 Å². The molecule has 1 aliphatic carbocycles. The van der Waals surface area contributed by atoms with Gasteiger partial charge in [0, 0.05) is 34.8 Å². The summed E-state index contributed by atoms with van der Waals surface area (Å²) in [4.78, 5) is 7.24. The molecule has 0 atom stereocenters. The molecular weight excluding hydrogens is 406 g/mol. The van der Waals surface area contributed by atoms with E-state index in [-0.39, 0.29) is 0 Å². The summed E-state index contributed by atoms with van der Waals surface area (Å²) in [7, 11) is 2.12. The van der Waals surface area contributed by atoms with Crippen molar-refractivity contribution < 1.29 is 0 Å². The van der Waals surface area contributed by atoms with Gasteiger partial charge in [-0.1, -0.05) is 31.5 Å². The monoisotopic (exact) mass is 435 g/mol. The van der Waals surface area contributed by atoms with Crippen LogP contribution in [0, 0.1) is 0 Å². The van der Waals surface area contributed by atoms with Gasteiger partial charge >= 0.3 is 0 Å². The molecule has 5 rings (SSSR count). The average Bonchev–Trinajstić information content (AvgIpc) is 3.11. The van der Waals surface area contributed by atoms with Gasteiger partial charge in [-0.2, -0.15) is 0 Å². The van der Waals surface area contributed by atoms with E-state index in [1.807, 2.05) is 6.07 Å². The van der Waals surface area contributed by atoms with Crippen LogP contribution in [0.25, 0.3) is 5.69 Å². The van der Waals surface area contributed by atoms with Crippen LogP contribution in [0.3, 0.4) is 0 Å². The van der Waals surface area contributed by atoms with Gasteiger partial charge in [-0.25, -0.2) is 0 Å². The van der Waals surface area contributed by atoms with Gasteiger partial charge in [0.2, 0.25) is 0 Å². The number of hydrogen-bond donors (Lipinski definition) is 0. The van der Waals surface area contributed by atoms with Gasteiger partial charge in [0.15, 0.2) is 5.82 Å². The van der Waals surface area contributed by atoms with E-state index < -0.39 is 0 Å². The van der Waals surface area contributed by atoms with Crippen LogP contribution in [0.4, 0.5) is 0 Å². The van der Waals surface area contributed by atoms with Crippen molar-refractivity contribution in [3.8, 4) is 5.69 Å². The molecule has 3 aromatic rings. The second kappa shape index (κ2) is 8.36. The number of fused-ring (bicyclic) bond motifs is 3. The fourth-order valence-electron chi connectivity index (χ4n) is 5.11. The molecule has 6 heteroatoms. The first kappa shape index (κ1) is 20.7. The van der Waals surface area contributed by atoms with Crippen molar-refractivity contribution in [1.29, 1.82) is 0 Å². The van der Waals surface area contributed by atoms with Gasteiger partial charge in [-0.15, -0.1) is 10.2 Å². The number of halogens is 1. The first-order valence-electron chi connectivity index (χ1n) is 11.4. The van der Waals surface area contributed by atoms with Crippen LogP contribution >= 0.6 is 11.6 Å². The highest BCUT2D eigenvalue weighted by Gasteiger charge is 2.31. The smallest absolute Gasteiger partial charge is 0.151 e. The van der Waals surface area contributed by atoms with Crippen molar-refractivity contribution in [3.63, 3.8) is 0 Å². The Morgan fingerprint density at radius 2 is 1.74 bits per heavy atom. The Morgan fingerprint density at radius 3 is 2.52 bits per heavy atom. The first-order valence-corrected chi connectivity index (χ1v) is 11.8. The second-order valence-corrected chi connectivity index (χ2v) is 9.88. The largest absolute Gasteiger partial charge is 0.295 e. The van der Waals surface area contributed by atoms with Crippen LogP contribution in [0.2, 0.25) is 5.02 Å². The maximum Gasteiger partial charge on any atom is 0.151 e. The minimum atomic E-state index is 0.428. The lowest BCUT2D eigenvalue weighted by Gasteiger charge is -2.28. The summed E-state index contributed by atoms with van der Waals surface area (Å²) in [6.07, 6.45) is 4.54. The number of benzene rings is 1. The molecule has 0 radical (unpaired) electrons. The fourth-order valence-corrected chi connectivity index (χ4v) is 5.31. The van der Waals surface area contributed by atoms with Gasteiger partial charge < -0.3 is 0 Å². The summed E-state index contributed by atoms with van der Waals surface area (Å²) in [5.41, 5.74) is 4.86. The molecule has 2 aliphatic rings. The normalized spacial score (nSPS) is 21.6. The summed E-state index contributed by atoms with van der Waals surface area (Å²) in [5, 5.41) is 10.1. The van der Waals surface area contributed by atoms with Gasteiger partial charge in [0.05, 0.1) is 12.2 Å². The highest BCUT2D eigenvalue weighted by atomic mass is 35.5. The zero-order valence-corrected chi connectivity index (χ0v) is 19.3. The van der Waals surface area contributed by atoms with Crippen LogP contribution in [0.1, 0.15) is 85.9 Å². The van der Waals surface area contributed by atoms with Gasteiger partial charge in [-0.05, 0) is 74.5 Å². The van der Waals surface area contributed by atoms with E-state index in [9.17, 15) is 0 Å².